The summed E-state index contributed by atoms with van der Waals surface area (Å²) in [6.45, 7) is 0. The van der Waals surface area contributed by atoms with Gasteiger partial charge >= 0.3 is 8.03 Å². The molecule has 14 heavy (non-hydrogen) atoms. The van der Waals surface area contributed by atoms with Gasteiger partial charge < -0.3 is 0 Å². The van der Waals surface area contributed by atoms with Crippen LogP contribution in [0.5, 0.6) is 0 Å². The minimum Gasteiger partial charge on any atom is -0.161 e. The molecule has 1 rings (SSSR count). The number of rotatable bonds is 6. The summed E-state index contributed by atoms with van der Waals surface area (Å²) in [4.78, 5) is 8.60. The van der Waals surface area contributed by atoms with E-state index < -0.39 is 8.03 Å². The maximum atomic E-state index is 10.4. The predicted octanol–water partition coefficient (Wildman–Crippen LogP) is 3.78. The van der Waals surface area contributed by atoms with Crippen LogP contribution >= 0.6 is 8.03 Å². The average Bonchev–Trinajstić information content (AvgIpc) is 2.18. The molecule has 0 aromatic rings. The molecule has 0 amide bonds. The quantitative estimate of drug-likeness (QED) is 0.416. The lowest BCUT2D eigenvalue weighted by Crippen LogP contribution is -1.92. The maximum absolute atomic E-state index is 10.4. The second kappa shape index (κ2) is 7.14. The summed E-state index contributed by atoms with van der Waals surface area (Å²) < 4.78 is 10.4. The summed E-state index contributed by atoms with van der Waals surface area (Å²) in [5.41, 5.74) is 1.62. The molecule has 0 fully saturated rings. The van der Waals surface area contributed by atoms with Crippen molar-refractivity contribution in [3.8, 4) is 0 Å². The predicted molar refractivity (Wildman–Crippen MR) is 59.7 cm³/mol. The zero-order valence-corrected chi connectivity index (χ0v) is 9.64. The van der Waals surface area contributed by atoms with Crippen LogP contribution in [0.1, 0.15) is 51.4 Å². The lowest BCUT2D eigenvalue weighted by Gasteiger charge is -2.11. The van der Waals surface area contributed by atoms with Crippen molar-refractivity contribution >= 4 is 8.03 Å². The molecule has 0 aliphatic heterocycles. The summed E-state index contributed by atoms with van der Waals surface area (Å²) >= 11 is 0. The first kappa shape index (κ1) is 11.9. The van der Waals surface area contributed by atoms with Crippen molar-refractivity contribution < 1.29 is 9.46 Å². The van der Waals surface area contributed by atoms with Crippen LogP contribution < -0.4 is 0 Å². The topological polar surface area (TPSA) is 37.3 Å². The second-order valence-electron chi connectivity index (χ2n) is 3.99. The Balaban J connectivity index is 1.98. The van der Waals surface area contributed by atoms with Crippen LogP contribution in [0.25, 0.3) is 0 Å². The van der Waals surface area contributed by atoms with Crippen molar-refractivity contribution in [3.63, 3.8) is 0 Å². The molecule has 1 unspecified atom stereocenters. The summed E-state index contributed by atoms with van der Waals surface area (Å²) in [6, 6.07) is 0. The van der Waals surface area contributed by atoms with Gasteiger partial charge in [0, 0.05) is 0 Å². The minimum absolute atomic E-state index is 0.481. The van der Waals surface area contributed by atoms with Crippen molar-refractivity contribution in [2.45, 2.75) is 51.4 Å². The highest BCUT2D eigenvalue weighted by Gasteiger charge is 2.08. The SMILES string of the molecule is O=[P+](O)CCCCCC1=CCCCC1. The van der Waals surface area contributed by atoms with E-state index in [4.69, 9.17) is 4.89 Å². The number of unbranched alkanes of at least 4 members (excludes halogenated alkanes) is 2. The normalized spacial score (nSPS) is 17.8. The van der Waals surface area contributed by atoms with Gasteiger partial charge in [0.05, 0.1) is 0 Å². The fourth-order valence-electron chi connectivity index (χ4n) is 1.91. The number of allylic oxidation sites excluding steroid dienone is 2. The minimum atomic E-state index is -1.90. The summed E-state index contributed by atoms with van der Waals surface area (Å²) in [5, 5.41) is 0. The molecule has 1 aliphatic rings. The van der Waals surface area contributed by atoms with E-state index in [9.17, 15) is 4.57 Å². The van der Waals surface area contributed by atoms with E-state index >= 15 is 0 Å². The second-order valence-corrected chi connectivity index (χ2v) is 5.15. The first-order valence-electron chi connectivity index (χ1n) is 5.60. The Kier molecular flexibility index (Phi) is 6.05. The molecule has 2 nitrogen and oxygen atoms in total. The van der Waals surface area contributed by atoms with Gasteiger partial charge in [0.15, 0.2) is 6.16 Å². The highest BCUT2D eigenvalue weighted by atomic mass is 31.1. The van der Waals surface area contributed by atoms with Crippen LogP contribution in [0.2, 0.25) is 0 Å². The van der Waals surface area contributed by atoms with E-state index in [2.05, 4.69) is 6.08 Å². The van der Waals surface area contributed by atoms with Crippen LogP contribution in [0.4, 0.5) is 0 Å². The Morgan fingerprint density at radius 3 is 2.79 bits per heavy atom. The largest absolute Gasteiger partial charge is 0.505 e. The number of hydrogen-bond donors (Lipinski definition) is 1. The third-order valence-electron chi connectivity index (χ3n) is 2.73. The summed E-state index contributed by atoms with van der Waals surface area (Å²) in [6.07, 6.45) is 12.5. The molecule has 1 aliphatic carbocycles. The van der Waals surface area contributed by atoms with E-state index in [-0.39, 0.29) is 0 Å². The van der Waals surface area contributed by atoms with Crippen LogP contribution in [-0.4, -0.2) is 11.1 Å². The van der Waals surface area contributed by atoms with E-state index in [1.807, 2.05) is 0 Å². The van der Waals surface area contributed by atoms with Gasteiger partial charge in [-0.3, -0.25) is 0 Å². The smallest absolute Gasteiger partial charge is 0.161 e. The van der Waals surface area contributed by atoms with E-state index in [1.54, 1.807) is 5.57 Å². The maximum Gasteiger partial charge on any atom is 0.505 e. The van der Waals surface area contributed by atoms with Crippen LogP contribution in [-0.2, 0) is 4.57 Å². The molecular formula is C11H20O2P+. The Labute approximate surface area is 87.3 Å². The molecule has 1 atom stereocenters. The molecule has 1 N–H and O–H groups in total. The van der Waals surface area contributed by atoms with Crippen molar-refractivity contribution in [1.29, 1.82) is 0 Å². The van der Waals surface area contributed by atoms with Crippen LogP contribution in [0.3, 0.4) is 0 Å². The van der Waals surface area contributed by atoms with E-state index in [1.165, 1.54) is 38.5 Å². The van der Waals surface area contributed by atoms with Gasteiger partial charge in [-0.2, -0.15) is 4.89 Å². The third kappa shape index (κ3) is 5.51. The molecule has 0 saturated carbocycles. The van der Waals surface area contributed by atoms with Crippen molar-refractivity contribution in [1.82, 2.24) is 0 Å². The van der Waals surface area contributed by atoms with Gasteiger partial charge in [0.25, 0.3) is 0 Å². The molecule has 0 bridgehead atoms. The Morgan fingerprint density at radius 2 is 2.14 bits per heavy atom. The fraction of sp³-hybridized carbons (Fsp3) is 0.818. The summed E-state index contributed by atoms with van der Waals surface area (Å²) in [7, 11) is -1.90. The van der Waals surface area contributed by atoms with Gasteiger partial charge in [0.2, 0.25) is 0 Å². The Morgan fingerprint density at radius 1 is 1.29 bits per heavy atom. The lowest BCUT2D eigenvalue weighted by molar-refractivity contribution is 0.499. The fourth-order valence-corrected chi connectivity index (χ4v) is 2.40. The standard InChI is InChI=1S/C11H19O2P/c12-14(13)10-6-2-5-9-11-7-3-1-4-8-11/h7H,1-6,8-10H2/p+1. The van der Waals surface area contributed by atoms with Gasteiger partial charge in [-0.25, -0.2) is 0 Å². The Bertz CT molecular complexity index is 211. The molecule has 0 radical (unpaired) electrons. The highest BCUT2D eigenvalue weighted by Crippen LogP contribution is 2.23. The van der Waals surface area contributed by atoms with Crippen LogP contribution in [0, 0.1) is 0 Å². The van der Waals surface area contributed by atoms with Crippen molar-refractivity contribution in [3.05, 3.63) is 11.6 Å². The number of hydrogen-bond acceptors (Lipinski definition) is 1. The average molecular weight is 215 g/mol. The zero-order chi connectivity index (χ0) is 10.2. The molecule has 0 saturated heterocycles. The van der Waals surface area contributed by atoms with Gasteiger partial charge in [-0.05, 0) is 55.9 Å². The van der Waals surface area contributed by atoms with Gasteiger partial charge in [-0.15, -0.1) is 0 Å². The van der Waals surface area contributed by atoms with Crippen molar-refractivity contribution in [2.75, 3.05) is 6.16 Å². The van der Waals surface area contributed by atoms with E-state index in [0.29, 0.717) is 6.16 Å². The molecule has 0 spiro atoms. The first-order valence-corrected chi connectivity index (χ1v) is 7.00. The van der Waals surface area contributed by atoms with Crippen molar-refractivity contribution in [2.24, 2.45) is 0 Å². The zero-order valence-electron chi connectivity index (χ0n) is 8.74. The molecule has 3 heteroatoms. The third-order valence-corrected chi connectivity index (χ3v) is 3.43. The molecule has 0 aromatic carbocycles. The summed E-state index contributed by atoms with van der Waals surface area (Å²) in [5.74, 6) is 0. The van der Waals surface area contributed by atoms with Gasteiger partial charge in [-0.1, -0.05) is 11.6 Å². The highest BCUT2D eigenvalue weighted by molar-refractivity contribution is 7.37. The Hall–Kier alpha value is -0.200. The molecule has 0 heterocycles. The van der Waals surface area contributed by atoms with Crippen LogP contribution in [0.15, 0.2) is 11.6 Å². The van der Waals surface area contributed by atoms with Gasteiger partial charge in [0.1, 0.15) is 0 Å². The molecule has 80 valence electrons. The molecular weight excluding hydrogens is 195 g/mol. The lowest BCUT2D eigenvalue weighted by atomic mass is 9.95. The molecule has 0 aromatic heterocycles. The monoisotopic (exact) mass is 215 g/mol. The first-order chi connectivity index (χ1) is 6.79. The van der Waals surface area contributed by atoms with E-state index in [0.717, 1.165) is 12.8 Å².